The number of pyridine rings is 1. The molecule has 0 bridgehead atoms. The number of hydrogen-bond donors (Lipinski definition) is 2. The molecule has 0 aliphatic rings. The first kappa shape index (κ1) is 12.3. The van der Waals surface area contributed by atoms with Gasteiger partial charge < -0.3 is 15.2 Å². The van der Waals surface area contributed by atoms with Crippen molar-refractivity contribution < 1.29 is 14.6 Å². The molecule has 0 fully saturated rings. The number of benzene rings is 1. The number of carbonyl (C=O) groups is 1. The van der Waals surface area contributed by atoms with Gasteiger partial charge in [0.05, 0.1) is 6.61 Å². The van der Waals surface area contributed by atoms with E-state index in [-0.39, 0.29) is 6.61 Å². The average Bonchev–Trinajstić information content (AvgIpc) is 2.38. The number of carboxylic acids is 1. The highest BCUT2D eigenvalue weighted by molar-refractivity contribution is 5.91. The van der Waals surface area contributed by atoms with Gasteiger partial charge in [-0.25, -0.2) is 9.78 Å². The molecule has 0 unspecified atom stereocenters. The summed E-state index contributed by atoms with van der Waals surface area (Å²) in [4.78, 5) is 14.5. The van der Waals surface area contributed by atoms with E-state index in [0.29, 0.717) is 13.2 Å². The van der Waals surface area contributed by atoms with E-state index in [2.05, 4.69) is 10.3 Å². The Bertz CT molecular complexity index is 537. The second-order valence-electron chi connectivity index (χ2n) is 3.75. The van der Waals surface area contributed by atoms with E-state index in [1.54, 1.807) is 6.20 Å². The summed E-state index contributed by atoms with van der Waals surface area (Å²) in [6, 6.07) is 9.88. The van der Waals surface area contributed by atoms with Crippen molar-refractivity contribution in [2.24, 2.45) is 0 Å². The number of fused-ring (bicyclic) bond motifs is 1. The minimum absolute atomic E-state index is 0.273. The third-order valence-corrected chi connectivity index (χ3v) is 2.44. The molecule has 2 aromatic rings. The molecule has 0 saturated heterocycles. The summed E-state index contributed by atoms with van der Waals surface area (Å²) in [5, 5.41) is 13.7. The molecule has 0 saturated carbocycles. The van der Waals surface area contributed by atoms with Crippen molar-refractivity contribution >= 4 is 22.6 Å². The summed E-state index contributed by atoms with van der Waals surface area (Å²) in [6.45, 7) is 0.579. The third kappa shape index (κ3) is 3.18. The number of nitrogens with zero attached hydrogens (tertiary/aromatic N) is 1. The van der Waals surface area contributed by atoms with Crippen LogP contribution in [0.25, 0.3) is 10.8 Å². The van der Waals surface area contributed by atoms with E-state index < -0.39 is 5.97 Å². The number of aliphatic carboxylic acids is 1. The van der Waals surface area contributed by atoms with E-state index in [4.69, 9.17) is 9.84 Å². The highest BCUT2D eigenvalue weighted by Crippen LogP contribution is 2.19. The Balaban J connectivity index is 1.93. The van der Waals surface area contributed by atoms with Crippen LogP contribution in [0.1, 0.15) is 0 Å². The second kappa shape index (κ2) is 5.97. The molecule has 1 heterocycles. The van der Waals surface area contributed by atoms with Crippen LogP contribution in [0.3, 0.4) is 0 Å². The number of ether oxygens (including phenoxy) is 1. The molecule has 0 atom stereocenters. The second-order valence-corrected chi connectivity index (χ2v) is 3.75. The zero-order valence-corrected chi connectivity index (χ0v) is 9.80. The number of carboxylic acid groups (broad SMARTS) is 1. The molecular formula is C13H14N2O3. The van der Waals surface area contributed by atoms with Gasteiger partial charge in [-0.05, 0) is 11.5 Å². The van der Waals surface area contributed by atoms with Crippen LogP contribution < -0.4 is 5.32 Å². The number of aromatic nitrogens is 1. The van der Waals surface area contributed by atoms with Gasteiger partial charge in [-0.15, -0.1) is 0 Å². The zero-order valence-electron chi connectivity index (χ0n) is 9.80. The lowest BCUT2D eigenvalue weighted by atomic mass is 10.1. The van der Waals surface area contributed by atoms with Crippen molar-refractivity contribution in [3.05, 3.63) is 36.5 Å². The van der Waals surface area contributed by atoms with Gasteiger partial charge in [-0.3, -0.25) is 0 Å². The maximum Gasteiger partial charge on any atom is 0.329 e. The van der Waals surface area contributed by atoms with Crippen LogP contribution in [0, 0.1) is 0 Å². The molecule has 0 amide bonds. The number of rotatable bonds is 6. The van der Waals surface area contributed by atoms with Gasteiger partial charge in [-0.1, -0.05) is 24.3 Å². The standard InChI is InChI=1S/C13H14N2O3/c16-12(17)9-18-8-7-15-13-11-4-2-1-3-10(11)5-6-14-13/h1-6H,7-9H2,(H,14,15)(H,16,17). The van der Waals surface area contributed by atoms with Crippen LogP contribution in [0.2, 0.25) is 0 Å². The molecular weight excluding hydrogens is 232 g/mol. The molecule has 2 rings (SSSR count). The summed E-state index contributed by atoms with van der Waals surface area (Å²) in [7, 11) is 0. The molecule has 1 aromatic heterocycles. The molecule has 5 heteroatoms. The van der Waals surface area contributed by atoms with Crippen LogP contribution in [0.4, 0.5) is 5.82 Å². The Morgan fingerprint density at radius 2 is 2.17 bits per heavy atom. The minimum Gasteiger partial charge on any atom is -0.480 e. The predicted molar refractivity (Wildman–Crippen MR) is 68.7 cm³/mol. The summed E-state index contributed by atoms with van der Waals surface area (Å²) in [5.41, 5.74) is 0. The molecule has 0 aliphatic heterocycles. The molecule has 2 N–H and O–H groups in total. The van der Waals surface area contributed by atoms with Gasteiger partial charge in [0.1, 0.15) is 12.4 Å². The SMILES string of the molecule is O=C(O)COCCNc1nccc2ccccc12. The lowest BCUT2D eigenvalue weighted by Gasteiger charge is -2.08. The Kier molecular flexibility index (Phi) is 4.09. The topological polar surface area (TPSA) is 71.5 Å². The first-order valence-corrected chi connectivity index (χ1v) is 5.64. The van der Waals surface area contributed by atoms with Crippen molar-refractivity contribution in [3.63, 3.8) is 0 Å². The Morgan fingerprint density at radius 1 is 1.33 bits per heavy atom. The first-order valence-electron chi connectivity index (χ1n) is 5.64. The minimum atomic E-state index is -0.960. The van der Waals surface area contributed by atoms with E-state index in [1.165, 1.54) is 0 Å². The van der Waals surface area contributed by atoms with Crippen LogP contribution in [0.5, 0.6) is 0 Å². The van der Waals surface area contributed by atoms with Crippen molar-refractivity contribution in [2.75, 3.05) is 25.1 Å². The van der Waals surface area contributed by atoms with E-state index in [9.17, 15) is 4.79 Å². The van der Waals surface area contributed by atoms with Crippen molar-refractivity contribution in [1.82, 2.24) is 4.98 Å². The Hall–Kier alpha value is -2.14. The first-order chi connectivity index (χ1) is 8.77. The van der Waals surface area contributed by atoms with E-state index in [1.807, 2.05) is 30.3 Å². The maximum atomic E-state index is 10.2. The lowest BCUT2D eigenvalue weighted by molar-refractivity contribution is -0.142. The van der Waals surface area contributed by atoms with Crippen LogP contribution in [-0.4, -0.2) is 35.8 Å². The van der Waals surface area contributed by atoms with Gasteiger partial charge in [0, 0.05) is 18.1 Å². The van der Waals surface area contributed by atoms with Gasteiger partial charge in [0.2, 0.25) is 0 Å². The monoisotopic (exact) mass is 246 g/mol. The van der Waals surface area contributed by atoms with E-state index in [0.717, 1.165) is 16.6 Å². The third-order valence-electron chi connectivity index (χ3n) is 2.44. The van der Waals surface area contributed by atoms with Crippen LogP contribution in [-0.2, 0) is 9.53 Å². The number of hydrogen-bond acceptors (Lipinski definition) is 4. The summed E-state index contributed by atoms with van der Waals surface area (Å²) in [6.07, 6.45) is 1.74. The molecule has 5 nitrogen and oxygen atoms in total. The quantitative estimate of drug-likeness (QED) is 0.760. The summed E-state index contributed by atoms with van der Waals surface area (Å²) < 4.78 is 4.94. The van der Waals surface area contributed by atoms with Gasteiger partial charge >= 0.3 is 5.97 Å². The van der Waals surface area contributed by atoms with Crippen molar-refractivity contribution in [2.45, 2.75) is 0 Å². The Morgan fingerprint density at radius 3 is 3.00 bits per heavy atom. The van der Waals surface area contributed by atoms with Crippen LogP contribution in [0.15, 0.2) is 36.5 Å². The van der Waals surface area contributed by atoms with E-state index >= 15 is 0 Å². The zero-order chi connectivity index (χ0) is 12.8. The Labute approximate surface area is 104 Å². The molecule has 0 spiro atoms. The lowest BCUT2D eigenvalue weighted by Crippen LogP contribution is -2.14. The fourth-order valence-electron chi connectivity index (χ4n) is 1.66. The molecule has 0 aliphatic carbocycles. The molecule has 94 valence electrons. The number of nitrogens with one attached hydrogen (secondary N) is 1. The van der Waals surface area contributed by atoms with Gasteiger partial charge in [0.25, 0.3) is 0 Å². The molecule has 0 radical (unpaired) electrons. The average molecular weight is 246 g/mol. The molecule has 18 heavy (non-hydrogen) atoms. The largest absolute Gasteiger partial charge is 0.480 e. The highest BCUT2D eigenvalue weighted by Gasteiger charge is 2.01. The van der Waals surface area contributed by atoms with Crippen LogP contribution >= 0.6 is 0 Å². The normalized spacial score (nSPS) is 10.4. The van der Waals surface area contributed by atoms with Crippen molar-refractivity contribution in [1.29, 1.82) is 0 Å². The smallest absolute Gasteiger partial charge is 0.329 e. The fraction of sp³-hybridized carbons (Fsp3) is 0.231. The summed E-state index contributed by atoms with van der Waals surface area (Å²) >= 11 is 0. The highest BCUT2D eigenvalue weighted by atomic mass is 16.5. The van der Waals surface area contributed by atoms with Gasteiger partial charge in [-0.2, -0.15) is 0 Å². The predicted octanol–water partition coefficient (Wildman–Crippen LogP) is 1.75. The maximum absolute atomic E-state index is 10.2. The van der Waals surface area contributed by atoms with Crippen molar-refractivity contribution in [3.8, 4) is 0 Å². The molecule has 1 aromatic carbocycles. The van der Waals surface area contributed by atoms with Gasteiger partial charge in [0.15, 0.2) is 0 Å². The fourth-order valence-corrected chi connectivity index (χ4v) is 1.66. The number of anilines is 1. The summed E-state index contributed by atoms with van der Waals surface area (Å²) in [5.74, 6) is -0.176.